The lowest BCUT2D eigenvalue weighted by Gasteiger charge is -2.28. The Morgan fingerprint density at radius 3 is 2.33 bits per heavy atom. The number of benzene rings is 2. The lowest BCUT2D eigenvalue weighted by Crippen LogP contribution is -2.29. The zero-order valence-electron chi connectivity index (χ0n) is 16.4. The van der Waals surface area contributed by atoms with Crippen LogP contribution in [0.25, 0.3) is 0 Å². The molecule has 0 aromatic heterocycles. The summed E-state index contributed by atoms with van der Waals surface area (Å²) in [6, 6.07) is 16.1. The van der Waals surface area contributed by atoms with E-state index in [1.807, 2.05) is 24.3 Å². The highest BCUT2D eigenvalue weighted by Gasteiger charge is 2.11. The molecule has 1 aliphatic rings. The van der Waals surface area contributed by atoms with Gasteiger partial charge in [-0.05, 0) is 73.6 Å². The summed E-state index contributed by atoms with van der Waals surface area (Å²) in [6.07, 6.45) is 4.95. The lowest BCUT2D eigenvalue weighted by atomic mass is 9.99. The SMILES string of the molecule is CC[C@H](C)c1ccc(OCC(=O)Nc2ccc(N3CCCCC3)cc2)cc1. The summed E-state index contributed by atoms with van der Waals surface area (Å²) < 4.78 is 5.61. The fourth-order valence-corrected chi connectivity index (χ4v) is 3.38. The van der Waals surface area contributed by atoms with Gasteiger partial charge in [-0.3, -0.25) is 4.79 Å². The fraction of sp³-hybridized carbons (Fsp3) is 0.435. The summed E-state index contributed by atoms with van der Waals surface area (Å²) in [7, 11) is 0. The molecule has 0 spiro atoms. The van der Waals surface area contributed by atoms with Gasteiger partial charge in [0.2, 0.25) is 0 Å². The molecule has 1 heterocycles. The average molecular weight is 367 g/mol. The van der Waals surface area contributed by atoms with Gasteiger partial charge in [0.25, 0.3) is 5.91 Å². The maximum Gasteiger partial charge on any atom is 0.262 e. The predicted octanol–water partition coefficient (Wildman–Crippen LogP) is 5.21. The molecule has 0 unspecified atom stereocenters. The summed E-state index contributed by atoms with van der Waals surface area (Å²) >= 11 is 0. The molecular weight excluding hydrogens is 336 g/mol. The van der Waals surface area contributed by atoms with E-state index in [0.717, 1.165) is 30.9 Å². The molecule has 1 saturated heterocycles. The molecule has 3 rings (SSSR count). The van der Waals surface area contributed by atoms with Crippen LogP contribution < -0.4 is 15.0 Å². The van der Waals surface area contributed by atoms with E-state index < -0.39 is 0 Å². The molecular formula is C23H30N2O2. The average Bonchev–Trinajstić information content (AvgIpc) is 2.73. The number of amides is 1. The third kappa shape index (κ3) is 5.49. The summed E-state index contributed by atoms with van der Waals surface area (Å²) in [4.78, 5) is 14.6. The molecule has 0 bridgehead atoms. The fourth-order valence-electron chi connectivity index (χ4n) is 3.38. The molecule has 1 fully saturated rings. The summed E-state index contributed by atoms with van der Waals surface area (Å²) in [6.45, 7) is 6.64. The van der Waals surface area contributed by atoms with Crippen molar-refractivity contribution >= 4 is 17.3 Å². The van der Waals surface area contributed by atoms with Crippen molar-refractivity contribution in [2.45, 2.75) is 45.4 Å². The Labute approximate surface area is 162 Å². The monoisotopic (exact) mass is 366 g/mol. The standard InChI is InChI=1S/C23H30N2O2/c1-3-18(2)19-7-13-22(14-8-19)27-17-23(26)24-20-9-11-21(12-10-20)25-15-5-4-6-16-25/h7-14,18H,3-6,15-17H2,1-2H3,(H,24,26)/t18-/m0/s1. The number of anilines is 2. The van der Waals surface area contributed by atoms with Gasteiger partial charge < -0.3 is 15.0 Å². The summed E-state index contributed by atoms with van der Waals surface area (Å²) in [5.74, 6) is 1.11. The molecule has 1 amide bonds. The third-order valence-electron chi connectivity index (χ3n) is 5.30. The Kier molecular flexibility index (Phi) is 6.74. The van der Waals surface area contributed by atoms with Crippen LogP contribution >= 0.6 is 0 Å². The number of ether oxygens (including phenoxy) is 1. The Bertz CT molecular complexity index is 719. The van der Waals surface area contributed by atoms with E-state index in [1.165, 1.54) is 30.5 Å². The van der Waals surface area contributed by atoms with Crippen LogP contribution in [0.1, 0.15) is 51.0 Å². The van der Waals surface area contributed by atoms with Crippen LogP contribution in [0.2, 0.25) is 0 Å². The molecule has 0 aliphatic carbocycles. The number of rotatable bonds is 7. The Morgan fingerprint density at radius 2 is 1.70 bits per heavy atom. The predicted molar refractivity (Wildman–Crippen MR) is 112 cm³/mol. The quantitative estimate of drug-likeness (QED) is 0.731. The number of hydrogen-bond donors (Lipinski definition) is 1. The molecule has 0 saturated carbocycles. The van der Waals surface area contributed by atoms with E-state index >= 15 is 0 Å². The van der Waals surface area contributed by atoms with E-state index in [9.17, 15) is 4.79 Å². The van der Waals surface area contributed by atoms with Crippen molar-refractivity contribution in [2.24, 2.45) is 0 Å². The van der Waals surface area contributed by atoms with E-state index in [2.05, 4.69) is 48.3 Å². The molecule has 1 N–H and O–H groups in total. The minimum absolute atomic E-state index is 0.0105. The second-order valence-corrected chi connectivity index (χ2v) is 7.31. The number of nitrogens with one attached hydrogen (secondary N) is 1. The minimum Gasteiger partial charge on any atom is -0.484 e. The first-order valence-electron chi connectivity index (χ1n) is 10.0. The first-order valence-corrected chi connectivity index (χ1v) is 10.0. The van der Waals surface area contributed by atoms with E-state index in [0.29, 0.717) is 5.92 Å². The van der Waals surface area contributed by atoms with Crippen molar-refractivity contribution in [2.75, 3.05) is 29.9 Å². The highest BCUT2D eigenvalue weighted by molar-refractivity contribution is 5.92. The van der Waals surface area contributed by atoms with Gasteiger partial charge in [-0.1, -0.05) is 26.0 Å². The van der Waals surface area contributed by atoms with Crippen LogP contribution in [0.15, 0.2) is 48.5 Å². The highest BCUT2D eigenvalue weighted by atomic mass is 16.5. The molecule has 2 aromatic rings. The molecule has 144 valence electrons. The summed E-state index contributed by atoms with van der Waals surface area (Å²) in [5.41, 5.74) is 3.32. The zero-order chi connectivity index (χ0) is 19.1. The number of piperidine rings is 1. The van der Waals surface area contributed by atoms with Crippen LogP contribution in [0.4, 0.5) is 11.4 Å². The van der Waals surface area contributed by atoms with E-state index in [1.54, 1.807) is 0 Å². The molecule has 1 atom stereocenters. The second kappa shape index (κ2) is 9.45. The van der Waals surface area contributed by atoms with Crippen molar-refractivity contribution in [1.82, 2.24) is 0 Å². The normalized spacial score (nSPS) is 15.3. The highest BCUT2D eigenvalue weighted by Crippen LogP contribution is 2.23. The van der Waals surface area contributed by atoms with Crippen LogP contribution in [0.3, 0.4) is 0 Å². The number of hydrogen-bond acceptors (Lipinski definition) is 3. The van der Waals surface area contributed by atoms with Gasteiger partial charge in [0, 0.05) is 24.5 Å². The first-order chi connectivity index (χ1) is 13.2. The molecule has 1 aliphatic heterocycles. The van der Waals surface area contributed by atoms with Crippen molar-refractivity contribution in [1.29, 1.82) is 0 Å². The zero-order valence-corrected chi connectivity index (χ0v) is 16.4. The van der Waals surface area contributed by atoms with Crippen LogP contribution in [-0.2, 0) is 4.79 Å². The molecule has 0 radical (unpaired) electrons. The van der Waals surface area contributed by atoms with E-state index in [-0.39, 0.29) is 12.5 Å². The van der Waals surface area contributed by atoms with Crippen LogP contribution in [0.5, 0.6) is 5.75 Å². The molecule has 27 heavy (non-hydrogen) atoms. The largest absolute Gasteiger partial charge is 0.484 e. The number of nitrogens with zero attached hydrogens (tertiary/aromatic N) is 1. The van der Waals surface area contributed by atoms with Crippen molar-refractivity contribution in [3.8, 4) is 5.75 Å². The first kappa shape index (κ1) is 19.3. The van der Waals surface area contributed by atoms with Crippen LogP contribution in [-0.4, -0.2) is 25.6 Å². The second-order valence-electron chi connectivity index (χ2n) is 7.31. The Hall–Kier alpha value is -2.49. The minimum atomic E-state index is -0.147. The van der Waals surface area contributed by atoms with Gasteiger partial charge in [0.05, 0.1) is 0 Å². The molecule has 2 aromatic carbocycles. The topological polar surface area (TPSA) is 41.6 Å². The van der Waals surface area contributed by atoms with E-state index in [4.69, 9.17) is 4.74 Å². The smallest absolute Gasteiger partial charge is 0.262 e. The molecule has 4 heteroatoms. The Morgan fingerprint density at radius 1 is 1.04 bits per heavy atom. The van der Waals surface area contributed by atoms with Crippen molar-refractivity contribution in [3.63, 3.8) is 0 Å². The molecule has 4 nitrogen and oxygen atoms in total. The third-order valence-corrected chi connectivity index (χ3v) is 5.30. The van der Waals surface area contributed by atoms with Gasteiger partial charge in [0.15, 0.2) is 6.61 Å². The van der Waals surface area contributed by atoms with Gasteiger partial charge in [-0.25, -0.2) is 0 Å². The van der Waals surface area contributed by atoms with Gasteiger partial charge in [-0.15, -0.1) is 0 Å². The maximum absolute atomic E-state index is 12.1. The summed E-state index contributed by atoms with van der Waals surface area (Å²) in [5, 5.41) is 2.90. The Balaban J connectivity index is 1.47. The number of carbonyl (C=O) groups excluding carboxylic acids is 1. The van der Waals surface area contributed by atoms with Gasteiger partial charge >= 0.3 is 0 Å². The number of carbonyl (C=O) groups is 1. The lowest BCUT2D eigenvalue weighted by molar-refractivity contribution is -0.118. The van der Waals surface area contributed by atoms with Crippen molar-refractivity contribution < 1.29 is 9.53 Å². The van der Waals surface area contributed by atoms with Gasteiger partial charge in [-0.2, -0.15) is 0 Å². The van der Waals surface area contributed by atoms with Crippen molar-refractivity contribution in [3.05, 3.63) is 54.1 Å². The van der Waals surface area contributed by atoms with Gasteiger partial charge in [0.1, 0.15) is 5.75 Å². The maximum atomic E-state index is 12.1. The van der Waals surface area contributed by atoms with Crippen LogP contribution in [0, 0.1) is 0 Å².